The highest BCUT2D eigenvalue weighted by Gasteiger charge is 2.28. The van der Waals surface area contributed by atoms with Crippen molar-refractivity contribution < 1.29 is 17.6 Å². The second-order valence-corrected chi connectivity index (χ2v) is 9.67. The smallest absolute Gasteiger partial charge is 0.223 e. The van der Waals surface area contributed by atoms with Crippen molar-refractivity contribution in [3.8, 4) is 0 Å². The van der Waals surface area contributed by atoms with Gasteiger partial charge >= 0.3 is 0 Å². The van der Waals surface area contributed by atoms with Crippen LogP contribution in [-0.2, 0) is 21.7 Å². The summed E-state index contributed by atoms with van der Waals surface area (Å²) in [4.78, 5) is 18.7. The minimum atomic E-state index is -3.62. The first-order valence-electron chi connectivity index (χ1n) is 9.89. The fourth-order valence-corrected chi connectivity index (χ4v) is 5.19. The Morgan fingerprint density at radius 2 is 1.87 bits per heavy atom. The van der Waals surface area contributed by atoms with Crippen molar-refractivity contribution in [1.82, 2.24) is 19.7 Å². The molecule has 1 saturated heterocycles. The Bertz CT molecular complexity index is 1170. The average molecular weight is 431 g/mol. The van der Waals surface area contributed by atoms with Gasteiger partial charge in [-0.3, -0.25) is 9.48 Å². The molecule has 0 N–H and O–H groups in total. The number of hydrogen-bond donors (Lipinski definition) is 0. The molecule has 1 aliphatic rings. The van der Waals surface area contributed by atoms with Gasteiger partial charge in [-0.1, -0.05) is 0 Å². The van der Waals surface area contributed by atoms with Crippen LogP contribution in [0.25, 0.3) is 11.0 Å². The molecule has 0 spiro atoms. The first-order valence-corrected chi connectivity index (χ1v) is 11.5. The van der Waals surface area contributed by atoms with Crippen LogP contribution in [0.1, 0.15) is 30.9 Å². The van der Waals surface area contributed by atoms with Gasteiger partial charge in [0.25, 0.3) is 0 Å². The van der Waals surface area contributed by atoms with Gasteiger partial charge in [-0.2, -0.15) is 5.10 Å². The van der Waals surface area contributed by atoms with E-state index < -0.39 is 15.7 Å². The van der Waals surface area contributed by atoms with E-state index in [1.165, 1.54) is 12.1 Å². The first-order chi connectivity index (χ1) is 14.3. The number of amides is 1. The number of halogens is 1. The summed E-state index contributed by atoms with van der Waals surface area (Å²) >= 11 is 0. The number of likely N-dealkylation sites (tertiary alicyclic amines) is 1. The van der Waals surface area contributed by atoms with E-state index in [0.29, 0.717) is 13.1 Å². The minimum Gasteiger partial charge on any atom is -0.343 e. The van der Waals surface area contributed by atoms with E-state index in [0.717, 1.165) is 41.7 Å². The maximum absolute atomic E-state index is 13.0. The second-order valence-electron chi connectivity index (χ2n) is 7.56. The SMILES string of the molecule is Cn1nc(C2CCN(C(=O)CCS(=O)(=O)c3ccc(F)cc3)CC2)c2cccnc21. The van der Waals surface area contributed by atoms with Crippen LogP contribution in [0.15, 0.2) is 47.5 Å². The summed E-state index contributed by atoms with van der Waals surface area (Å²) in [5, 5.41) is 5.67. The summed E-state index contributed by atoms with van der Waals surface area (Å²) in [5.41, 5.74) is 1.85. The molecule has 1 aromatic carbocycles. The van der Waals surface area contributed by atoms with E-state index in [4.69, 9.17) is 0 Å². The number of carbonyl (C=O) groups is 1. The zero-order valence-electron chi connectivity index (χ0n) is 16.7. The molecule has 1 aliphatic heterocycles. The van der Waals surface area contributed by atoms with Crippen LogP contribution in [0, 0.1) is 5.82 Å². The molecule has 4 rings (SSSR count). The Morgan fingerprint density at radius 3 is 2.57 bits per heavy atom. The molecular weight excluding hydrogens is 407 g/mol. The molecule has 158 valence electrons. The third kappa shape index (κ3) is 4.07. The van der Waals surface area contributed by atoms with E-state index in [2.05, 4.69) is 10.1 Å². The quantitative estimate of drug-likeness (QED) is 0.581. The molecule has 0 radical (unpaired) electrons. The van der Waals surface area contributed by atoms with Gasteiger partial charge in [0.15, 0.2) is 15.5 Å². The lowest BCUT2D eigenvalue weighted by Crippen LogP contribution is -2.38. The molecule has 3 aromatic rings. The Hall–Kier alpha value is -2.81. The van der Waals surface area contributed by atoms with Crippen LogP contribution in [0.5, 0.6) is 0 Å². The number of rotatable bonds is 5. The number of pyridine rings is 1. The van der Waals surface area contributed by atoms with Gasteiger partial charge in [0, 0.05) is 44.1 Å². The van der Waals surface area contributed by atoms with Gasteiger partial charge in [0.1, 0.15) is 5.82 Å². The van der Waals surface area contributed by atoms with Crippen molar-refractivity contribution in [2.75, 3.05) is 18.8 Å². The van der Waals surface area contributed by atoms with Crippen molar-refractivity contribution in [2.45, 2.75) is 30.1 Å². The highest BCUT2D eigenvalue weighted by molar-refractivity contribution is 7.91. The van der Waals surface area contributed by atoms with Gasteiger partial charge in [-0.05, 0) is 49.2 Å². The molecular formula is C21H23FN4O3S. The number of aryl methyl sites for hydroxylation is 1. The Labute approximate surface area is 174 Å². The van der Waals surface area contributed by atoms with Crippen molar-refractivity contribution in [3.05, 3.63) is 54.1 Å². The normalized spacial score (nSPS) is 15.6. The first kappa shape index (κ1) is 20.5. The maximum Gasteiger partial charge on any atom is 0.223 e. The molecule has 9 heteroatoms. The zero-order valence-corrected chi connectivity index (χ0v) is 17.5. The molecule has 0 aliphatic carbocycles. The molecule has 0 atom stereocenters. The van der Waals surface area contributed by atoms with Crippen LogP contribution in [0.3, 0.4) is 0 Å². The number of fused-ring (bicyclic) bond motifs is 1. The standard InChI is InChI=1S/C21H23FN4O3S/c1-25-21-18(3-2-11-23-21)20(24-25)15-8-12-26(13-9-15)19(27)10-14-30(28,29)17-6-4-16(22)5-7-17/h2-7,11,15H,8-10,12-14H2,1H3. The molecule has 0 unspecified atom stereocenters. The predicted molar refractivity (Wildman–Crippen MR) is 110 cm³/mol. The lowest BCUT2D eigenvalue weighted by molar-refractivity contribution is -0.131. The molecule has 1 amide bonds. The monoisotopic (exact) mass is 430 g/mol. The fourth-order valence-electron chi connectivity index (χ4n) is 3.96. The second kappa shape index (κ2) is 8.14. The molecule has 30 heavy (non-hydrogen) atoms. The summed E-state index contributed by atoms with van der Waals surface area (Å²) in [7, 11) is -1.75. The van der Waals surface area contributed by atoms with E-state index in [9.17, 15) is 17.6 Å². The molecule has 0 bridgehead atoms. The van der Waals surface area contributed by atoms with Crippen LogP contribution >= 0.6 is 0 Å². The maximum atomic E-state index is 13.0. The molecule has 7 nitrogen and oxygen atoms in total. The van der Waals surface area contributed by atoms with E-state index >= 15 is 0 Å². The number of benzene rings is 1. The summed E-state index contributed by atoms with van der Waals surface area (Å²) in [6.45, 7) is 1.14. The summed E-state index contributed by atoms with van der Waals surface area (Å²) in [5.74, 6) is -0.713. The highest BCUT2D eigenvalue weighted by atomic mass is 32.2. The Balaban J connectivity index is 1.36. The molecule has 0 saturated carbocycles. The number of hydrogen-bond acceptors (Lipinski definition) is 5. The summed E-state index contributed by atoms with van der Waals surface area (Å²) in [6, 6.07) is 8.59. The van der Waals surface area contributed by atoms with Crippen molar-refractivity contribution in [2.24, 2.45) is 7.05 Å². The van der Waals surface area contributed by atoms with Gasteiger partial charge < -0.3 is 4.90 Å². The topological polar surface area (TPSA) is 85.2 Å². The summed E-state index contributed by atoms with van der Waals surface area (Å²) in [6.07, 6.45) is 3.21. The predicted octanol–water partition coefficient (Wildman–Crippen LogP) is 2.68. The third-order valence-corrected chi connectivity index (χ3v) is 7.35. The number of nitrogens with zero attached hydrogens (tertiary/aromatic N) is 4. The minimum absolute atomic E-state index is 0.0334. The number of piperidine rings is 1. The van der Waals surface area contributed by atoms with Crippen molar-refractivity contribution in [1.29, 1.82) is 0 Å². The van der Waals surface area contributed by atoms with E-state index in [-0.39, 0.29) is 28.9 Å². The Morgan fingerprint density at radius 1 is 1.17 bits per heavy atom. The number of aromatic nitrogens is 3. The number of carbonyl (C=O) groups excluding carboxylic acids is 1. The highest BCUT2D eigenvalue weighted by Crippen LogP contribution is 2.31. The lowest BCUT2D eigenvalue weighted by atomic mass is 9.92. The molecule has 1 fully saturated rings. The van der Waals surface area contributed by atoms with Gasteiger partial charge in [-0.25, -0.2) is 17.8 Å². The van der Waals surface area contributed by atoms with E-state index in [1.54, 1.807) is 15.8 Å². The molecule has 3 heterocycles. The lowest BCUT2D eigenvalue weighted by Gasteiger charge is -2.31. The third-order valence-electron chi connectivity index (χ3n) is 5.62. The number of sulfone groups is 1. The van der Waals surface area contributed by atoms with Crippen LogP contribution < -0.4 is 0 Å². The fraction of sp³-hybridized carbons (Fsp3) is 0.381. The van der Waals surface area contributed by atoms with Crippen molar-refractivity contribution >= 4 is 26.8 Å². The van der Waals surface area contributed by atoms with Crippen molar-refractivity contribution in [3.63, 3.8) is 0 Å². The largest absolute Gasteiger partial charge is 0.343 e. The average Bonchev–Trinajstić information content (AvgIpc) is 3.09. The summed E-state index contributed by atoms with van der Waals surface area (Å²) < 4.78 is 39.6. The zero-order chi connectivity index (χ0) is 21.3. The van der Waals surface area contributed by atoms with Crippen LogP contribution in [-0.4, -0.2) is 52.8 Å². The van der Waals surface area contributed by atoms with E-state index in [1.807, 2.05) is 19.2 Å². The van der Waals surface area contributed by atoms with Gasteiger partial charge in [0.05, 0.1) is 16.3 Å². The molecule has 2 aromatic heterocycles. The van der Waals surface area contributed by atoms with Gasteiger partial charge in [0.2, 0.25) is 5.91 Å². The van der Waals surface area contributed by atoms with Crippen LogP contribution in [0.2, 0.25) is 0 Å². The van der Waals surface area contributed by atoms with Gasteiger partial charge in [-0.15, -0.1) is 0 Å². The Kier molecular flexibility index (Phi) is 5.55. The van der Waals surface area contributed by atoms with Crippen LogP contribution in [0.4, 0.5) is 4.39 Å².